The number of nitrogens with one attached hydrogen (secondary N) is 1. The number of hydrazone groups is 1. The van der Waals surface area contributed by atoms with Gasteiger partial charge in [0.1, 0.15) is 12.4 Å². The van der Waals surface area contributed by atoms with Crippen LogP contribution in [0.25, 0.3) is 0 Å². The average Bonchev–Trinajstić information content (AvgIpc) is 2.51. The largest absolute Gasteiger partial charge is 0.489 e. The molecule has 0 spiro atoms. The molecule has 2 amide bonds. The van der Waals surface area contributed by atoms with E-state index in [0.717, 1.165) is 12.1 Å². The molecule has 0 saturated heterocycles. The highest BCUT2D eigenvalue weighted by Crippen LogP contribution is 2.20. The molecule has 0 radical (unpaired) electrons. The first-order valence-electron chi connectivity index (χ1n) is 6.41. The predicted molar refractivity (Wildman–Crippen MR) is 77.4 cm³/mol. The summed E-state index contributed by atoms with van der Waals surface area (Å²) in [6.07, 6.45) is 1.34. The van der Waals surface area contributed by atoms with E-state index < -0.39 is 23.5 Å². The molecule has 23 heavy (non-hydrogen) atoms. The zero-order valence-corrected chi connectivity index (χ0v) is 11.7. The maximum Gasteiger partial charge on any atom is 0.332 e. The molecule has 0 heterocycles. The Hall–Kier alpha value is -3.03. The summed E-state index contributed by atoms with van der Waals surface area (Å²) in [4.78, 5) is 10.5. The Balaban J connectivity index is 2.12. The smallest absolute Gasteiger partial charge is 0.332 e. The van der Waals surface area contributed by atoms with E-state index in [1.165, 1.54) is 6.21 Å². The van der Waals surface area contributed by atoms with E-state index in [1.807, 2.05) is 5.43 Å². The van der Waals surface area contributed by atoms with E-state index in [0.29, 0.717) is 11.1 Å². The van der Waals surface area contributed by atoms with Crippen LogP contribution < -0.4 is 15.9 Å². The second-order valence-electron chi connectivity index (χ2n) is 4.42. The Morgan fingerprint density at radius 2 is 1.87 bits per heavy atom. The van der Waals surface area contributed by atoms with Crippen LogP contribution in [0.5, 0.6) is 5.75 Å². The zero-order chi connectivity index (χ0) is 16.8. The number of carbonyl (C=O) groups is 1. The Labute approximate surface area is 129 Å². The van der Waals surface area contributed by atoms with Gasteiger partial charge in [-0.2, -0.15) is 5.10 Å². The Morgan fingerprint density at radius 3 is 2.52 bits per heavy atom. The quantitative estimate of drug-likeness (QED) is 0.504. The van der Waals surface area contributed by atoms with Gasteiger partial charge >= 0.3 is 6.03 Å². The van der Waals surface area contributed by atoms with Crippen LogP contribution in [-0.2, 0) is 6.61 Å². The van der Waals surface area contributed by atoms with Gasteiger partial charge in [0.25, 0.3) is 0 Å². The first-order valence-corrected chi connectivity index (χ1v) is 6.41. The Morgan fingerprint density at radius 1 is 1.22 bits per heavy atom. The molecular weight excluding hydrogens is 311 g/mol. The summed E-state index contributed by atoms with van der Waals surface area (Å²) >= 11 is 0. The molecule has 0 aromatic heterocycles. The van der Waals surface area contributed by atoms with Gasteiger partial charge in [0.15, 0.2) is 17.5 Å². The molecule has 0 fully saturated rings. The summed E-state index contributed by atoms with van der Waals surface area (Å²) in [6.45, 7) is -0.0384. The number of ether oxygens (including phenoxy) is 1. The van der Waals surface area contributed by atoms with Gasteiger partial charge in [-0.15, -0.1) is 0 Å². The standard InChI is InChI=1S/C15H12F3N3O2/c16-12-5-11(6-13(17)14(12)18)23-8-10-4-2-1-3-9(10)7-20-21-15(19)22/h1-7H,8H2,(H3,19,21,22). The molecule has 120 valence electrons. The number of amides is 2. The topological polar surface area (TPSA) is 76.7 Å². The number of rotatable bonds is 5. The highest BCUT2D eigenvalue weighted by molar-refractivity contribution is 5.83. The Bertz CT molecular complexity index is 727. The molecule has 0 aliphatic heterocycles. The highest BCUT2D eigenvalue weighted by atomic mass is 19.2. The third kappa shape index (κ3) is 4.47. The second kappa shape index (κ2) is 7.30. The molecule has 0 aliphatic rings. The number of hydrogen-bond acceptors (Lipinski definition) is 3. The lowest BCUT2D eigenvalue weighted by Crippen LogP contribution is -2.24. The van der Waals surface area contributed by atoms with Crippen molar-refractivity contribution < 1.29 is 22.7 Å². The third-order valence-electron chi connectivity index (χ3n) is 2.79. The number of benzene rings is 2. The molecular formula is C15H12F3N3O2. The van der Waals surface area contributed by atoms with E-state index in [9.17, 15) is 18.0 Å². The number of urea groups is 1. The van der Waals surface area contributed by atoms with E-state index in [2.05, 4.69) is 5.10 Å². The minimum absolute atomic E-state index is 0.0384. The van der Waals surface area contributed by atoms with E-state index in [4.69, 9.17) is 10.5 Å². The molecule has 0 bridgehead atoms. The molecule has 2 aromatic rings. The van der Waals surface area contributed by atoms with Crippen LogP contribution in [0.1, 0.15) is 11.1 Å². The fraction of sp³-hybridized carbons (Fsp3) is 0.0667. The number of nitrogens with two attached hydrogens (primary N) is 1. The van der Waals surface area contributed by atoms with Crippen molar-refractivity contribution in [2.24, 2.45) is 10.8 Å². The van der Waals surface area contributed by atoms with Crippen LogP contribution in [0, 0.1) is 17.5 Å². The van der Waals surface area contributed by atoms with E-state index in [1.54, 1.807) is 24.3 Å². The maximum absolute atomic E-state index is 13.1. The second-order valence-corrected chi connectivity index (χ2v) is 4.42. The molecule has 2 rings (SSSR count). The lowest BCUT2D eigenvalue weighted by atomic mass is 10.1. The van der Waals surface area contributed by atoms with Crippen molar-refractivity contribution in [3.63, 3.8) is 0 Å². The summed E-state index contributed by atoms with van der Waals surface area (Å²) in [5.41, 5.74) is 8.16. The molecule has 0 saturated carbocycles. The van der Waals surface area contributed by atoms with Crippen LogP contribution in [0.2, 0.25) is 0 Å². The van der Waals surface area contributed by atoms with E-state index >= 15 is 0 Å². The van der Waals surface area contributed by atoms with Gasteiger partial charge in [0.2, 0.25) is 0 Å². The summed E-state index contributed by atoms with van der Waals surface area (Å²) in [5, 5.41) is 3.62. The van der Waals surface area contributed by atoms with Crippen molar-refractivity contribution in [1.82, 2.24) is 5.43 Å². The van der Waals surface area contributed by atoms with Crippen molar-refractivity contribution in [1.29, 1.82) is 0 Å². The molecule has 0 unspecified atom stereocenters. The molecule has 8 heteroatoms. The number of carbonyl (C=O) groups excluding carboxylic acids is 1. The number of halogens is 3. The summed E-state index contributed by atoms with van der Waals surface area (Å²) in [6, 6.07) is 7.54. The first-order chi connectivity index (χ1) is 11.0. The number of primary amides is 1. The first kappa shape index (κ1) is 16.3. The van der Waals surface area contributed by atoms with Gasteiger partial charge in [-0.3, -0.25) is 0 Å². The number of nitrogens with zero attached hydrogens (tertiary/aromatic N) is 1. The van der Waals surface area contributed by atoms with Crippen LogP contribution in [0.3, 0.4) is 0 Å². The molecule has 0 atom stereocenters. The fourth-order valence-corrected chi connectivity index (χ4v) is 1.73. The minimum atomic E-state index is -1.55. The molecule has 5 nitrogen and oxygen atoms in total. The fourth-order valence-electron chi connectivity index (χ4n) is 1.73. The van der Waals surface area contributed by atoms with Crippen molar-refractivity contribution in [3.05, 3.63) is 65.0 Å². The normalized spacial score (nSPS) is 10.7. The summed E-state index contributed by atoms with van der Waals surface area (Å²) in [5.74, 6) is -4.37. The molecule has 0 aliphatic carbocycles. The maximum atomic E-state index is 13.1. The lowest BCUT2D eigenvalue weighted by Gasteiger charge is -2.09. The van der Waals surface area contributed by atoms with Crippen molar-refractivity contribution in [2.75, 3.05) is 0 Å². The van der Waals surface area contributed by atoms with Crippen LogP contribution in [-0.4, -0.2) is 12.2 Å². The van der Waals surface area contributed by atoms with E-state index in [-0.39, 0.29) is 12.4 Å². The average molecular weight is 323 g/mol. The highest BCUT2D eigenvalue weighted by Gasteiger charge is 2.11. The number of hydrogen-bond donors (Lipinski definition) is 2. The summed E-state index contributed by atoms with van der Waals surface area (Å²) in [7, 11) is 0. The van der Waals surface area contributed by atoms with Crippen LogP contribution >= 0.6 is 0 Å². The Kier molecular flexibility index (Phi) is 5.19. The third-order valence-corrected chi connectivity index (χ3v) is 2.79. The SMILES string of the molecule is NC(=O)NN=Cc1ccccc1COc1cc(F)c(F)c(F)c1. The monoisotopic (exact) mass is 323 g/mol. The van der Waals surface area contributed by atoms with Gasteiger partial charge in [-0.25, -0.2) is 23.4 Å². The minimum Gasteiger partial charge on any atom is -0.489 e. The molecule has 3 N–H and O–H groups in total. The van der Waals surface area contributed by atoms with Gasteiger partial charge in [-0.05, 0) is 5.56 Å². The van der Waals surface area contributed by atoms with Gasteiger partial charge in [0.05, 0.1) is 6.21 Å². The van der Waals surface area contributed by atoms with Crippen LogP contribution in [0.4, 0.5) is 18.0 Å². The zero-order valence-electron chi connectivity index (χ0n) is 11.7. The lowest BCUT2D eigenvalue weighted by molar-refractivity contribution is 0.249. The van der Waals surface area contributed by atoms with Crippen molar-refractivity contribution in [2.45, 2.75) is 6.61 Å². The van der Waals surface area contributed by atoms with Crippen molar-refractivity contribution in [3.8, 4) is 5.75 Å². The van der Waals surface area contributed by atoms with Crippen molar-refractivity contribution >= 4 is 12.2 Å². The van der Waals surface area contributed by atoms with Gasteiger partial charge in [0, 0.05) is 17.7 Å². The predicted octanol–water partition coefficient (Wildman–Crippen LogP) is 2.69. The van der Waals surface area contributed by atoms with Crippen LogP contribution in [0.15, 0.2) is 41.5 Å². The van der Waals surface area contributed by atoms with Gasteiger partial charge < -0.3 is 10.5 Å². The summed E-state index contributed by atoms with van der Waals surface area (Å²) < 4.78 is 44.4. The molecule has 2 aromatic carbocycles. The van der Waals surface area contributed by atoms with Gasteiger partial charge in [-0.1, -0.05) is 24.3 Å².